The lowest BCUT2D eigenvalue weighted by atomic mass is 10.1. The van der Waals surface area contributed by atoms with Crippen molar-refractivity contribution in [3.05, 3.63) is 35.9 Å². The fourth-order valence-electron chi connectivity index (χ4n) is 2.50. The van der Waals surface area contributed by atoms with Crippen molar-refractivity contribution in [3.8, 4) is 0 Å². The summed E-state index contributed by atoms with van der Waals surface area (Å²) in [4.78, 5) is 13.5. The number of nitrogens with zero attached hydrogens (tertiary/aromatic N) is 1. The zero-order valence-corrected chi connectivity index (χ0v) is 11.2. The standard InChI is InChI=1S/C15H22N2O2/c18-10-4-9-17(11-13-5-2-1-3-6-13)12-14-7-8-15(19)16-14/h1-3,5-6,14,18H,4,7-12H2,(H,16,19). The SMILES string of the molecule is O=C1CCC(CN(CCCO)Cc2ccccc2)N1. The summed E-state index contributed by atoms with van der Waals surface area (Å²) >= 11 is 0. The fraction of sp³-hybridized carbons (Fsp3) is 0.533. The molecule has 0 aromatic heterocycles. The van der Waals surface area contributed by atoms with Crippen molar-refractivity contribution in [3.63, 3.8) is 0 Å². The maximum atomic E-state index is 11.2. The number of aliphatic hydroxyl groups is 1. The van der Waals surface area contributed by atoms with E-state index in [0.717, 1.165) is 32.5 Å². The zero-order chi connectivity index (χ0) is 13.5. The molecule has 1 unspecified atom stereocenters. The average Bonchev–Trinajstić information content (AvgIpc) is 2.82. The number of aliphatic hydroxyl groups excluding tert-OH is 1. The molecule has 1 aromatic carbocycles. The van der Waals surface area contributed by atoms with Crippen LogP contribution in [0, 0.1) is 0 Å². The first-order chi connectivity index (χ1) is 9.28. The van der Waals surface area contributed by atoms with Crippen molar-refractivity contribution in [2.45, 2.75) is 31.8 Å². The van der Waals surface area contributed by atoms with E-state index < -0.39 is 0 Å². The monoisotopic (exact) mass is 262 g/mol. The minimum absolute atomic E-state index is 0.159. The predicted octanol–water partition coefficient (Wildman–Crippen LogP) is 1.15. The van der Waals surface area contributed by atoms with E-state index in [1.54, 1.807) is 0 Å². The van der Waals surface area contributed by atoms with Crippen LogP contribution in [0.1, 0.15) is 24.8 Å². The molecule has 1 saturated heterocycles. The highest BCUT2D eigenvalue weighted by Crippen LogP contribution is 2.11. The number of hydrogen-bond acceptors (Lipinski definition) is 3. The molecule has 1 fully saturated rings. The van der Waals surface area contributed by atoms with Crippen LogP contribution in [0.25, 0.3) is 0 Å². The molecule has 1 amide bonds. The summed E-state index contributed by atoms with van der Waals surface area (Å²) in [5.41, 5.74) is 1.27. The van der Waals surface area contributed by atoms with E-state index in [1.807, 2.05) is 18.2 Å². The molecule has 1 atom stereocenters. The number of benzene rings is 1. The van der Waals surface area contributed by atoms with Gasteiger partial charge >= 0.3 is 0 Å². The van der Waals surface area contributed by atoms with Crippen LogP contribution in [0.15, 0.2) is 30.3 Å². The average molecular weight is 262 g/mol. The van der Waals surface area contributed by atoms with Gasteiger partial charge in [0.25, 0.3) is 0 Å². The third-order valence-electron chi connectivity index (χ3n) is 3.45. The van der Waals surface area contributed by atoms with Gasteiger partial charge in [0.1, 0.15) is 0 Å². The Labute approximate surface area is 114 Å². The molecule has 4 heteroatoms. The Kier molecular flexibility index (Phi) is 5.36. The molecule has 0 aliphatic carbocycles. The second-order valence-corrected chi connectivity index (χ2v) is 5.10. The minimum Gasteiger partial charge on any atom is -0.396 e. The van der Waals surface area contributed by atoms with Crippen LogP contribution in [-0.2, 0) is 11.3 Å². The summed E-state index contributed by atoms with van der Waals surface area (Å²) in [6.07, 6.45) is 2.33. The molecular formula is C15H22N2O2. The van der Waals surface area contributed by atoms with Gasteiger partial charge in [0.05, 0.1) is 0 Å². The van der Waals surface area contributed by atoms with Crippen LogP contribution in [0.5, 0.6) is 0 Å². The van der Waals surface area contributed by atoms with E-state index in [2.05, 4.69) is 22.3 Å². The Hall–Kier alpha value is -1.39. The number of rotatable bonds is 7. The Balaban J connectivity index is 1.89. The second-order valence-electron chi connectivity index (χ2n) is 5.10. The molecule has 0 radical (unpaired) electrons. The Morgan fingerprint density at radius 3 is 2.74 bits per heavy atom. The molecular weight excluding hydrogens is 240 g/mol. The van der Waals surface area contributed by atoms with Crippen molar-refractivity contribution in [1.29, 1.82) is 0 Å². The van der Waals surface area contributed by atoms with Gasteiger partial charge < -0.3 is 10.4 Å². The molecule has 0 bridgehead atoms. The van der Waals surface area contributed by atoms with E-state index in [0.29, 0.717) is 6.42 Å². The first-order valence-corrected chi connectivity index (χ1v) is 6.94. The van der Waals surface area contributed by atoms with Gasteiger partial charge in [-0.3, -0.25) is 9.69 Å². The third kappa shape index (κ3) is 4.65. The summed E-state index contributed by atoms with van der Waals surface area (Å²) in [5, 5.41) is 12.0. The van der Waals surface area contributed by atoms with Crippen LogP contribution in [0.3, 0.4) is 0 Å². The number of carbonyl (C=O) groups is 1. The third-order valence-corrected chi connectivity index (χ3v) is 3.45. The Bertz CT molecular complexity index is 394. The van der Waals surface area contributed by atoms with Gasteiger partial charge in [-0.25, -0.2) is 0 Å². The molecule has 0 spiro atoms. The summed E-state index contributed by atoms with van der Waals surface area (Å²) in [7, 11) is 0. The molecule has 1 aliphatic heterocycles. The Morgan fingerprint density at radius 1 is 1.32 bits per heavy atom. The summed E-state index contributed by atoms with van der Waals surface area (Å²) < 4.78 is 0. The summed E-state index contributed by atoms with van der Waals surface area (Å²) in [6.45, 7) is 2.80. The second kappa shape index (κ2) is 7.26. The zero-order valence-electron chi connectivity index (χ0n) is 11.2. The largest absolute Gasteiger partial charge is 0.396 e. The maximum absolute atomic E-state index is 11.2. The fourth-order valence-corrected chi connectivity index (χ4v) is 2.50. The smallest absolute Gasteiger partial charge is 0.220 e. The van der Waals surface area contributed by atoms with Gasteiger partial charge in [0.15, 0.2) is 0 Å². The normalized spacial score (nSPS) is 18.8. The van der Waals surface area contributed by atoms with Crippen LogP contribution in [-0.4, -0.2) is 41.7 Å². The topological polar surface area (TPSA) is 52.6 Å². The lowest BCUT2D eigenvalue weighted by Gasteiger charge is -2.25. The Morgan fingerprint density at radius 2 is 2.11 bits per heavy atom. The molecule has 19 heavy (non-hydrogen) atoms. The molecule has 2 rings (SSSR count). The van der Waals surface area contributed by atoms with E-state index in [-0.39, 0.29) is 18.6 Å². The highest BCUT2D eigenvalue weighted by molar-refractivity contribution is 5.78. The molecule has 2 N–H and O–H groups in total. The van der Waals surface area contributed by atoms with Crippen LogP contribution in [0.4, 0.5) is 0 Å². The van der Waals surface area contributed by atoms with Gasteiger partial charge in [-0.15, -0.1) is 0 Å². The van der Waals surface area contributed by atoms with Gasteiger partial charge in [0, 0.05) is 38.7 Å². The van der Waals surface area contributed by atoms with E-state index in [9.17, 15) is 4.79 Å². The number of nitrogens with one attached hydrogen (secondary N) is 1. The number of amides is 1. The highest BCUT2D eigenvalue weighted by Gasteiger charge is 2.22. The number of carbonyl (C=O) groups excluding carboxylic acids is 1. The molecule has 1 aliphatic rings. The highest BCUT2D eigenvalue weighted by atomic mass is 16.3. The lowest BCUT2D eigenvalue weighted by molar-refractivity contribution is -0.119. The van der Waals surface area contributed by atoms with Crippen molar-refractivity contribution in [1.82, 2.24) is 10.2 Å². The van der Waals surface area contributed by atoms with Crippen LogP contribution < -0.4 is 5.32 Å². The van der Waals surface area contributed by atoms with Gasteiger partial charge in [-0.2, -0.15) is 0 Å². The lowest BCUT2D eigenvalue weighted by Crippen LogP contribution is -2.39. The van der Waals surface area contributed by atoms with Crippen molar-refractivity contribution >= 4 is 5.91 Å². The van der Waals surface area contributed by atoms with Gasteiger partial charge in [-0.1, -0.05) is 30.3 Å². The molecule has 4 nitrogen and oxygen atoms in total. The van der Waals surface area contributed by atoms with Gasteiger partial charge in [0.2, 0.25) is 5.91 Å². The summed E-state index contributed by atoms with van der Waals surface area (Å²) in [6, 6.07) is 10.6. The van der Waals surface area contributed by atoms with E-state index in [4.69, 9.17) is 5.11 Å². The molecule has 0 saturated carbocycles. The molecule has 104 valence electrons. The maximum Gasteiger partial charge on any atom is 0.220 e. The van der Waals surface area contributed by atoms with Gasteiger partial charge in [-0.05, 0) is 18.4 Å². The van der Waals surface area contributed by atoms with Crippen molar-refractivity contribution in [2.24, 2.45) is 0 Å². The van der Waals surface area contributed by atoms with Crippen molar-refractivity contribution in [2.75, 3.05) is 19.7 Å². The van der Waals surface area contributed by atoms with E-state index in [1.165, 1.54) is 5.56 Å². The first kappa shape index (κ1) is 14.0. The van der Waals surface area contributed by atoms with Crippen molar-refractivity contribution < 1.29 is 9.90 Å². The molecule has 1 aromatic rings. The van der Waals surface area contributed by atoms with Crippen LogP contribution in [0.2, 0.25) is 0 Å². The quantitative estimate of drug-likeness (QED) is 0.775. The predicted molar refractivity (Wildman–Crippen MR) is 74.6 cm³/mol. The first-order valence-electron chi connectivity index (χ1n) is 6.94. The van der Waals surface area contributed by atoms with Crippen LogP contribution >= 0.6 is 0 Å². The minimum atomic E-state index is 0.159. The number of hydrogen-bond donors (Lipinski definition) is 2. The molecule has 1 heterocycles. The van der Waals surface area contributed by atoms with E-state index >= 15 is 0 Å². The summed E-state index contributed by atoms with van der Waals surface area (Å²) in [5.74, 6) is 0.159.